The van der Waals surface area contributed by atoms with E-state index in [2.05, 4.69) is 27.4 Å². The molecule has 96 valence electrons. The van der Waals surface area contributed by atoms with Gasteiger partial charge in [0.05, 0.1) is 0 Å². The van der Waals surface area contributed by atoms with Gasteiger partial charge in [0.2, 0.25) is 5.91 Å². The van der Waals surface area contributed by atoms with E-state index in [1.807, 2.05) is 30.3 Å². The Hall–Kier alpha value is -1.57. The molecule has 0 radical (unpaired) electrons. The maximum atomic E-state index is 12.5. The molecule has 1 aliphatic heterocycles. The minimum atomic E-state index is 0.0812. The van der Waals surface area contributed by atoms with Crippen LogP contribution in [0.3, 0.4) is 0 Å². The molecule has 0 N–H and O–H groups in total. The van der Waals surface area contributed by atoms with Crippen LogP contribution in [0.1, 0.15) is 33.6 Å². The highest BCUT2D eigenvalue weighted by Crippen LogP contribution is 2.37. The van der Waals surface area contributed by atoms with Crippen molar-refractivity contribution in [1.29, 1.82) is 0 Å². The van der Waals surface area contributed by atoms with Crippen molar-refractivity contribution in [3.63, 3.8) is 0 Å². The first kappa shape index (κ1) is 12.9. The van der Waals surface area contributed by atoms with Crippen molar-refractivity contribution in [2.45, 2.75) is 33.6 Å². The SMILES string of the molecule is C=C1CC(CC(C)(C)C)C(=O)N1c1ccccc1. The first-order chi connectivity index (χ1) is 8.38. The summed E-state index contributed by atoms with van der Waals surface area (Å²) in [6.45, 7) is 10.6. The summed E-state index contributed by atoms with van der Waals surface area (Å²) in [5, 5.41) is 0. The second-order valence-corrected chi connectivity index (χ2v) is 6.24. The third kappa shape index (κ3) is 2.63. The van der Waals surface area contributed by atoms with E-state index >= 15 is 0 Å². The number of benzene rings is 1. The number of hydrogen-bond acceptors (Lipinski definition) is 1. The smallest absolute Gasteiger partial charge is 0.234 e. The lowest BCUT2D eigenvalue weighted by molar-refractivity contribution is -0.121. The highest BCUT2D eigenvalue weighted by atomic mass is 16.2. The minimum Gasteiger partial charge on any atom is -0.285 e. The van der Waals surface area contributed by atoms with Gasteiger partial charge in [-0.3, -0.25) is 9.69 Å². The van der Waals surface area contributed by atoms with Crippen molar-refractivity contribution < 1.29 is 4.79 Å². The molecule has 1 aromatic rings. The van der Waals surface area contributed by atoms with Crippen LogP contribution in [0.4, 0.5) is 5.69 Å². The molecule has 1 aromatic carbocycles. The Labute approximate surface area is 109 Å². The van der Waals surface area contributed by atoms with Gasteiger partial charge in [0.1, 0.15) is 0 Å². The van der Waals surface area contributed by atoms with Gasteiger partial charge in [-0.1, -0.05) is 45.5 Å². The van der Waals surface area contributed by atoms with Crippen LogP contribution >= 0.6 is 0 Å². The highest BCUT2D eigenvalue weighted by molar-refractivity contribution is 6.00. The fourth-order valence-corrected chi connectivity index (χ4v) is 2.59. The fourth-order valence-electron chi connectivity index (χ4n) is 2.59. The molecule has 1 amide bonds. The number of hydrogen-bond donors (Lipinski definition) is 0. The van der Waals surface area contributed by atoms with E-state index in [4.69, 9.17) is 0 Å². The third-order valence-corrected chi connectivity index (χ3v) is 3.24. The zero-order chi connectivity index (χ0) is 13.3. The molecule has 1 atom stereocenters. The van der Waals surface area contributed by atoms with Crippen LogP contribution in [0.15, 0.2) is 42.6 Å². The molecule has 1 unspecified atom stereocenters. The fraction of sp³-hybridized carbons (Fsp3) is 0.438. The summed E-state index contributed by atoms with van der Waals surface area (Å²) in [5.41, 5.74) is 2.03. The minimum absolute atomic E-state index is 0.0812. The standard InChI is InChI=1S/C16H21NO/c1-12-10-13(11-16(2,3)4)15(18)17(12)14-8-6-5-7-9-14/h5-9,13H,1,10-11H2,2-4H3. The summed E-state index contributed by atoms with van der Waals surface area (Å²) in [6.07, 6.45) is 1.69. The van der Waals surface area contributed by atoms with Gasteiger partial charge in [-0.2, -0.15) is 0 Å². The van der Waals surface area contributed by atoms with E-state index in [1.54, 1.807) is 4.90 Å². The summed E-state index contributed by atoms with van der Waals surface area (Å²) in [7, 11) is 0. The molecule has 1 heterocycles. The van der Waals surface area contributed by atoms with E-state index in [0.717, 1.165) is 24.2 Å². The highest BCUT2D eigenvalue weighted by Gasteiger charge is 2.37. The molecular weight excluding hydrogens is 222 g/mol. The molecule has 1 saturated heterocycles. The number of amides is 1. The van der Waals surface area contributed by atoms with Gasteiger partial charge in [0.25, 0.3) is 0 Å². The quantitative estimate of drug-likeness (QED) is 0.769. The lowest BCUT2D eigenvalue weighted by atomic mass is 9.84. The molecule has 1 aliphatic rings. The Balaban J connectivity index is 2.20. The molecule has 2 rings (SSSR count). The van der Waals surface area contributed by atoms with Crippen molar-refractivity contribution in [2.24, 2.45) is 11.3 Å². The second kappa shape index (κ2) is 4.60. The Bertz CT molecular complexity index is 456. The molecule has 0 saturated carbocycles. The van der Waals surface area contributed by atoms with Crippen LogP contribution in [-0.2, 0) is 4.79 Å². The molecular formula is C16H21NO. The number of carbonyl (C=O) groups excluding carboxylic acids is 1. The maximum absolute atomic E-state index is 12.5. The first-order valence-electron chi connectivity index (χ1n) is 6.45. The van der Waals surface area contributed by atoms with Crippen LogP contribution in [-0.4, -0.2) is 5.91 Å². The van der Waals surface area contributed by atoms with Gasteiger partial charge in [-0.15, -0.1) is 0 Å². The van der Waals surface area contributed by atoms with Gasteiger partial charge in [-0.25, -0.2) is 0 Å². The molecule has 18 heavy (non-hydrogen) atoms. The Kier molecular flexibility index (Phi) is 3.29. The van der Waals surface area contributed by atoms with Crippen LogP contribution in [0, 0.1) is 11.3 Å². The summed E-state index contributed by atoms with van der Waals surface area (Å²) >= 11 is 0. The zero-order valence-electron chi connectivity index (χ0n) is 11.4. The molecule has 1 fully saturated rings. The number of anilines is 1. The third-order valence-electron chi connectivity index (χ3n) is 3.24. The number of allylic oxidation sites excluding steroid dienone is 1. The molecule has 0 aromatic heterocycles. The average molecular weight is 243 g/mol. The van der Waals surface area contributed by atoms with E-state index < -0.39 is 0 Å². The number of carbonyl (C=O) groups is 1. The van der Waals surface area contributed by atoms with Gasteiger partial charge >= 0.3 is 0 Å². The molecule has 0 spiro atoms. The maximum Gasteiger partial charge on any atom is 0.234 e. The molecule has 0 aliphatic carbocycles. The molecule has 2 heteroatoms. The van der Waals surface area contributed by atoms with E-state index in [9.17, 15) is 4.79 Å². The van der Waals surface area contributed by atoms with E-state index in [0.29, 0.717) is 0 Å². The van der Waals surface area contributed by atoms with Crippen molar-refractivity contribution in [3.8, 4) is 0 Å². The van der Waals surface area contributed by atoms with Crippen LogP contribution in [0.25, 0.3) is 0 Å². The van der Waals surface area contributed by atoms with Crippen molar-refractivity contribution in [2.75, 3.05) is 4.90 Å². The first-order valence-corrected chi connectivity index (χ1v) is 6.45. The number of nitrogens with zero attached hydrogens (tertiary/aromatic N) is 1. The Morgan fingerprint density at radius 2 is 1.89 bits per heavy atom. The van der Waals surface area contributed by atoms with E-state index in [1.165, 1.54) is 0 Å². The zero-order valence-corrected chi connectivity index (χ0v) is 11.4. The number of para-hydroxylation sites is 1. The Morgan fingerprint density at radius 3 is 2.44 bits per heavy atom. The monoisotopic (exact) mass is 243 g/mol. The van der Waals surface area contributed by atoms with E-state index in [-0.39, 0.29) is 17.2 Å². The summed E-state index contributed by atoms with van der Waals surface area (Å²) < 4.78 is 0. The summed E-state index contributed by atoms with van der Waals surface area (Å²) in [4.78, 5) is 14.2. The van der Waals surface area contributed by atoms with Crippen molar-refractivity contribution in [1.82, 2.24) is 0 Å². The lowest BCUT2D eigenvalue weighted by Crippen LogP contribution is -2.27. The number of rotatable bonds is 2. The molecule has 0 bridgehead atoms. The van der Waals surface area contributed by atoms with Crippen molar-refractivity contribution in [3.05, 3.63) is 42.6 Å². The van der Waals surface area contributed by atoms with Gasteiger partial charge in [0, 0.05) is 17.3 Å². The predicted molar refractivity (Wildman–Crippen MR) is 75.2 cm³/mol. The largest absolute Gasteiger partial charge is 0.285 e. The summed E-state index contributed by atoms with van der Waals surface area (Å²) in [5.74, 6) is 0.277. The molecule has 2 nitrogen and oxygen atoms in total. The van der Waals surface area contributed by atoms with Crippen LogP contribution in [0.2, 0.25) is 0 Å². The topological polar surface area (TPSA) is 20.3 Å². The van der Waals surface area contributed by atoms with Gasteiger partial charge in [-0.05, 0) is 30.4 Å². The van der Waals surface area contributed by atoms with Crippen molar-refractivity contribution >= 4 is 11.6 Å². The second-order valence-electron chi connectivity index (χ2n) is 6.24. The van der Waals surface area contributed by atoms with Crippen LogP contribution in [0.5, 0.6) is 0 Å². The average Bonchev–Trinajstić information content (AvgIpc) is 2.53. The Morgan fingerprint density at radius 1 is 1.28 bits per heavy atom. The normalized spacial score (nSPS) is 20.6. The lowest BCUT2D eigenvalue weighted by Gasteiger charge is -2.22. The predicted octanol–water partition coefficient (Wildman–Crippen LogP) is 3.99. The van der Waals surface area contributed by atoms with Crippen LogP contribution < -0.4 is 4.90 Å². The van der Waals surface area contributed by atoms with Gasteiger partial charge < -0.3 is 0 Å². The summed E-state index contributed by atoms with van der Waals surface area (Å²) in [6, 6.07) is 9.78. The van der Waals surface area contributed by atoms with Gasteiger partial charge in [0.15, 0.2) is 0 Å².